The summed E-state index contributed by atoms with van der Waals surface area (Å²) in [4.78, 5) is 1.27. The number of para-hydroxylation sites is 1. The average molecular weight is 279 g/mol. The van der Waals surface area contributed by atoms with E-state index in [1.807, 2.05) is 11.8 Å². The van der Waals surface area contributed by atoms with Crippen LogP contribution in [-0.2, 0) is 0 Å². The minimum absolute atomic E-state index is 0.282. The molecule has 0 amide bonds. The fourth-order valence-corrected chi connectivity index (χ4v) is 3.81. The molecule has 19 heavy (non-hydrogen) atoms. The van der Waals surface area contributed by atoms with E-state index in [1.165, 1.54) is 24.2 Å². The molecule has 0 spiro atoms. The smallest absolute Gasteiger partial charge is 0.133 e. The highest BCUT2D eigenvalue weighted by Crippen LogP contribution is 2.36. The van der Waals surface area contributed by atoms with Crippen LogP contribution < -0.4 is 10.1 Å². The van der Waals surface area contributed by atoms with Gasteiger partial charge in [-0.3, -0.25) is 0 Å². The van der Waals surface area contributed by atoms with Gasteiger partial charge in [0.2, 0.25) is 0 Å². The van der Waals surface area contributed by atoms with Crippen molar-refractivity contribution in [3.05, 3.63) is 24.3 Å². The summed E-state index contributed by atoms with van der Waals surface area (Å²) < 4.78 is 6.18. The van der Waals surface area contributed by atoms with E-state index in [0.29, 0.717) is 6.04 Å². The molecule has 0 radical (unpaired) electrons. The Hall–Kier alpha value is -0.670. The van der Waals surface area contributed by atoms with E-state index in [1.54, 1.807) is 0 Å². The Morgan fingerprint density at radius 1 is 1.42 bits per heavy atom. The van der Waals surface area contributed by atoms with Crippen molar-refractivity contribution >= 4 is 11.8 Å². The standard InChI is InChI=1S/C16H25NOS/c1-4-7-12(2)10-13(17-3)15-11-19-16-9-6-5-8-14(16)18-15/h5-6,8-9,12-13,15,17H,4,7,10-11H2,1-3H3. The molecule has 0 aliphatic carbocycles. The lowest BCUT2D eigenvalue weighted by molar-refractivity contribution is 0.154. The van der Waals surface area contributed by atoms with E-state index in [-0.39, 0.29) is 6.10 Å². The first-order chi connectivity index (χ1) is 9.24. The summed E-state index contributed by atoms with van der Waals surface area (Å²) in [6.45, 7) is 4.60. The van der Waals surface area contributed by atoms with Crippen LogP contribution in [0.5, 0.6) is 5.75 Å². The first-order valence-corrected chi connectivity index (χ1v) is 8.29. The van der Waals surface area contributed by atoms with Crippen molar-refractivity contribution in [3.63, 3.8) is 0 Å². The molecule has 1 aromatic carbocycles. The van der Waals surface area contributed by atoms with Crippen LogP contribution in [-0.4, -0.2) is 24.9 Å². The molecular formula is C16H25NOS. The molecule has 0 saturated carbocycles. The molecule has 1 aliphatic rings. The van der Waals surface area contributed by atoms with Gasteiger partial charge in [-0.1, -0.05) is 38.8 Å². The van der Waals surface area contributed by atoms with Gasteiger partial charge in [0, 0.05) is 16.7 Å². The van der Waals surface area contributed by atoms with Crippen molar-refractivity contribution in [2.45, 2.75) is 50.2 Å². The first kappa shape index (κ1) is 14.7. The second-order valence-corrected chi connectivity index (χ2v) is 6.50. The van der Waals surface area contributed by atoms with Crippen LogP contribution in [0.1, 0.15) is 33.1 Å². The number of benzene rings is 1. The van der Waals surface area contributed by atoms with Crippen LogP contribution in [0.4, 0.5) is 0 Å². The summed E-state index contributed by atoms with van der Waals surface area (Å²) >= 11 is 1.92. The van der Waals surface area contributed by atoms with E-state index in [2.05, 4.69) is 50.5 Å². The number of likely N-dealkylation sites (N-methyl/N-ethyl adjacent to an activating group) is 1. The molecule has 2 nitrogen and oxygen atoms in total. The highest BCUT2D eigenvalue weighted by atomic mass is 32.2. The van der Waals surface area contributed by atoms with Crippen LogP contribution in [0.2, 0.25) is 0 Å². The molecule has 106 valence electrons. The normalized spacial score (nSPS) is 21.3. The zero-order valence-electron chi connectivity index (χ0n) is 12.2. The van der Waals surface area contributed by atoms with E-state index in [4.69, 9.17) is 4.74 Å². The van der Waals surface area contributed by atoms with Crippen LogP contribution in [0, 0.1) is 5.92 Å². The van der Waals surface area contributed by atoms with Crippen molar-refractivity contribution < 1.29 is 4.74 Å². The number of hydrogen-bond acceptors (Lipinski definition) is 3. The topological polar surface area (TPSA) is 21.3 Å². The number of hydrogen-bond donors (Lipinski definition) is 1. The highest BCUT2D eigenvalue weighted by molar-refractivity contribution is 7.99. The third-order valence-electron chi connectivity index (χ3n) is 3.79. The molecular weight excluding hydrogens is 254 g/mol. The monoisotopic (exact) mass is 279 g/mol. The lowest BCUT2D eigenvalue weighted by Crippen LogP contribution is -2.45. The van der Waals surface area contributed by atoms with Gasteiger partial charge in [0.15, 0.2) is 0 Å². The maximum atomic E-state index is 6.18. The first-order valence-electron chi connectivity index (χ1n) is 7.30. The molecule has 0 saturated heterocycles. The lowest BCUT2D eigenvalue weighted by atomic mass is 9.94. The minimum Gasteiger partial charge on any atom is -0.487 e. The van der Waals surface area contributed by atoms with Gasteiger partial charge in [0.1, 0.15) is 11.9 Å². The summed E-state index contributed by atoms with van der Waals surface area (Å²) in [5.74, 6) is 2.85. The molecule has 0 bridgehead atoms. The summed E-state index contributed by atoms with van der Waals surface area (Å²) in [5, 5.41) is 3.45. The number of fused-ring (bicyclic) bond motifs is 1. The zero-order chi connectivity index (χ0) is 13.7. The predicted molar refractivity (Wildman–Crippen MR) is 83.1 cm³/mol. The van der Waals surface area contributed by atoms with Gasteiger partial charge in [-0.2, -0.15) is 0 Å². The molecule has 1 N–H and O–H groups in total. The Bertz CT molecular complexity index is 396. The molecule has 3 heteroatoms. The zero-order valence-corrected chi connectivity index (χ0v) is 13.0. The quantitative estimate of drug-likeness (QED) is 0.852. The number of rotatable bonds is 6. The number of ether oxygens (including phenoxy) is 1. The van der Waals surface area contributed by atoms with Crippen LogP contribution >= 0.6 is 11.8 Å². The van der Waals surface area contributed by atoms with E-state index in [9.17, 15) is 0 Å². The summed E-state index contributed by atoms with van der Waals surface area (Å²) in [6, 6.07) is 8.80. The number of nitrogens with one attached hydrogen (secondary N) is 1. The molecule has 1 aromatic rings. The highest BCUT2D eigenvalue weighted by Gasteiger charge is 2.28. The lowest BCUT2D eigenvalue weighted by Gasteiger charge is -2.33. The second kappa shape index (κ2) is 7.20. The van der Waals surface area contributed by atoms with Crippen LogP contribution in [0.3, 0.4) is 0 Å². The molecule has 0 fully saturated rings. The Labute approximate surface area is 121 Å². The summed E-state index contributed by atoms with van der Waals surface area (Å²) in [6.07, 6.45) is 4.04. The van der Waals surface area contributed by atoms with Gasteiger partial charge in [-0.05, 0) is 31.5 Å². The van der Waals surface area contributed by atoms with Crippen molar-refractivity contribution in [1.29, 1.82) is 0 Å². The number of thioether (sulfide) groups is 1. The second-order valence-electron chi connectivity index (χ2n) is 5.44. The Morgan fingerprint density at radius 3 is 2.95 bits per heavy atom. The van der Waals surface area contributed by atoms with E-state index in [0.717, 1.165) is 17.4 Å². The van der Waals surface area contributed by atoms with Gasteiger partial charge >= 0.3 is 0 Å². The molecule has 3 atom stereocenters. The summed E-state index contributed by atoms with van der Waals surface area (Å²) in [5.41, 5.74) is 0. The van der Waals surface area contributed by atoms with E-state index >= 15 is 0 Å². The summed E-state index contributed by atoms with van der Waals surface area (Å²) in [7, 11) is 2.05. The third kappa shape index (κ3) is 3.90. The van der Waals surface area contributed by atoms with Gasteiger partial charge in [0.05, 0.1) is 0 Å². The van der Waals surface area contributed by atoms with Gasteiger partial charge in [-0.15, -0.1) is 11.8 Å². The fraction of sp³-hybridized carbons (Fsp3) is 0.625. The maximum Gasteiger partial charge on any atom is 0.133 e. The average Bonchev–Trinajstić information content (AvgIpc) is 2.44. The van der Waals surface area contributed by atoms with Gasteiger partial charge < -0.3 is 10.1 Å². The molecule has 3 unspecified atom stereocenters. The van der Waals surface area contributed by atoms with Crippen LogP contribution in [0.15, 0.2) is 29.2 Å². The van der Waals surface area contributed by atoms with E-state index < -0.39 is 0 Å². The van der Waals surface area contributed by atoms with Gasteiger partial charge in [0.25, 0.3) is 0 Å². The molecule has 1 aliphatic heterocycles. The van der Waals surface area contributed by atoms with Crippen molar-refractivity contribution in [3.8, 4) is 5.75 Å². The van der Waals surface area contributed by atoms with Crippen molar-refractivity contribution in [2.24, 2.45) is 5.92 Å². The fourth-order valence-electron chi connectivity index (χ4n) is 2.73. The Balaban J connectivity index is 1.97. The Morgan fingerprint density at radius 2 is 2.21 bits per heavy atom. The SMILES string of the molecule is CCCC(C)CC(NC)C1CSc2ccccc2O1. The van der Waals surface area contributed by atoms with Crippen LogP contribution in [0.25, 0.3) is 0 Å². The van der Waals surface area contributed by atoms with Crippen molar-refractivity contribution in [1.82, 2.24) is 5.32 Å². The molecule has 1 heterocycles. The molecule has 2 rings (SSSR count). The largest absolute Gasteiger partial charge is 0.487 e. The maximum absolute atomic E-state index is 6.18. The van der Waals surface area contributed by atoms with Crippen molar-refractivity contribution in [2.75, 3.05) is 12.8 Å². The van der Waals surface area contributed by atoms with Gasteiger partial charge in [-0.25, -0.2) is 0 Å². The minimum atomic E-state index is 0.282. The predicted octanol–water partition coefficient (Wildman–Crippen LogP) is 3.95. The third-order valence-corrected chi connectivity index (χ3v) is 4.93. The Kier molecular flexibility index (Phi) is 5.59. The molecule has 0 aromatic heterocycles.